The minimum absolute atomic E-state index is 0.0724. The molecule has 15 nitrogen and oxygen atoms in total. The maximum Gasteiger partial charge on any atom is 0.336 e. The van der Waals surface area contributed by atoms with Crippen molar-refractivity contribution in [3.63, 3.8) is 0 Å². The van der Waals surface area contributed by atoms with Crippen molar-refractivity contribution in [3.05, 3.63) is 71.3 Å². The summed E-state index contributed by atoms with van der Waals surface area (Å²) in [6.07, 6.45) is 0. The smallest absolute Gasteiger partial charge is 0.336 e. The van der Waals surface area contributed by atoms with E-state index in [0.29, 0.717) is 81.2 Å². The molecule has 6 N–H and O–H groups in total. The molecule has 0 heterocycles. The highest BCUT2D eigenvalue weighted by Crippen LogP contribution is 2.47. The molecule has 0 unspecified atom stereocenters. The van der Waals surface area contributed by atoms with E-state index in [9.17, 15) is 24.3 Å². The van der Waals surface area contributed by atoms with Crippen molar-refractivity contribution in [3.8, 4) is 34.1 Å². The number of carbonyl (C=O) groups is 4. The van der Waals surface area contributed by atoms with Crippen molar-refractivity contribution < 1.29 is 48.0 Å². The number of hydrogen-bond acceptors (Lipinski definition) is 13. The van der Waals surface area contributed by atoms with Crippen LogP contribution in [-0.4, -0.2) is 110 Å². The van der Waals surface area contributed by atoms with Gasteiger partial charge in [0.05, 0.1) is 11.1 Å². The van der Waals surface area contributed by atoms with Gasteiger partial charge >= 0.3 is 17.9 Å². The predicted octanol–water partition coefficient (Wildman–Crippen LogP) is 2.47. The van der Waals surface area contributed by atoms with Gasteiger partial charge in [-0.3, -0.25) is 14.4 Å². The maximum atomic E-state index is 13.1. The van der Waals surface area contributed by atoms with E-state index in [-0.39, 0.29) is 17.7 Å². The molecule has 0 aliphatic rings. The lowest BCUT2D eigenvalue weighted by molar-refractivity contribution is -0.156. The number of hydrogen-bond donors (Lipinski definition) is 6. The Bertz CT molecular complexity index is 1590. The molecule has 284 valence electrons. The van der Waals surface area contributed by atoms with E-state index in [0.717, 1.165) is 11.1 Å². The number of rotatable bonds is 21. The van der Waals surface area contributed by atoms with Gasteiger partial charge in [-0.05, 0) is 52.5 Å². The van der Waals surface area contributed by atoms with Gasteiger partial charge in [-0.1, -0.05) is 30.3 Å². The van der Waals surface area contributed by atoms with Gasteiger partial charge in [0.1, 0.15) is 26.4 Å². The summed E-state index contributed by atoms with van der Waals surface area (Å²) in [6, 6.07) is 15.6. The number of likely N-dealkylation sites (N-methyl/N-ethyl adjacent to an activating group) is 4. The number of amides is 1. The predicted molar refractivity (Wildman–Crippen MR) is 197 cm³/mol. The number of aromatic carboxylic acids is 1. The van der Waals surface area contributed by atoms with Crippen molar-refractivity contribution in [2.24, 2.45) is 0 Å². The van der Waals surface area contributed by atoms with Gasteiger partial charge in [-0.15, -0.1) is 0 Å². The first-order chi connectivity index (χ1) is 25.1. The molecule has 0 saturated carbocycles. The fourth-order valence-electron chi connectivity index (χ4n) is 4.62. The first kappa shape index (κ1) is 42.9. The zero-order valence-electron chi connectivity index (χ0n) is 30.7. The van der Waals surface area contributed by atoms with Gasteiger partial charge in [0.25, 0.3) is 5.91 Å². The number of benzene rings is 3. The third-order valence-electron chi connectivity index (χ3n) is 7.00. The first-order valence-corrected chi connectivity index (χ1v) is 16.8. The van der Waals surface area contributed by atoms with Crippen LogP contribution in [0, 0.1) is 0 Å². The normalized spacial score (nSPS) is 10.3. The fourth-order valence-corrected chi connectivity index (χ4v) is 4.62. The van der Waals surface area contributed by atoms with Crippen LogP contribution in [0.15, 0.2) is 54.6 Å². The molecular weight excluding hydrogens is 674 g/mol. The lowest BCUT2D eigenvalue weighted by Crippen LogP contribution is -2.25. The lowest BCUT2D eigenvalue weighted by atomic mass is 9.99. The standard InChI is InChI=1S/C33H45N5O7.C4H6O3/c1-34-14-18-42-28-11-7-10-24(30(28)44-20-16-36-3)25-13-12-23(29(43-19-15-35-2)31(25)45-21-17-37-4)22-38-32(39)26-8-5-6-9-27(26)33(40)41;1-3(5)7-4(2)6/h5-13,34-37H,14-22H2,1-4H3,(H,38,39)(H,40,41);1-2H3. The highest BCUT2D eigenvalue weighted by atomic mass is 16.6. The summed E-state index contributed by atoms with van der Waals surface area (Å²) < 4.78 is 29.0. The minimum Gasteiger partial charge on any atom is -0.488 e. The summed E-state index contributed by atoms with van der Waals surface area (Å²) >= 11 is 0. The maximum absolute atomic E-state index is 13.1. The largest absolute Gasteiger partial charge is 0.488 e. The van der Waals surface area contributed by atoms with E-state index in [1.54, 1.807) is 12.1 Å². The molecule has 0 aliphatic carbocycles. The Kier molecular flexibility index (Phi) is 19.9. The van der Waals surface area contributed by atoms with Crippen molar-refractivity contribution in [2.45, 2.75) is 20.4 Å². The number of para-hydroxylation sites is 1. The van der Waals surface area contributed by atoms with Gasteiger partial charge in [-0.2, -0.15) is 0 Å². The van der Waals surface area contributed by atoms with E-state index in [1.165, 1.54) is 26.0 Å². The van der Waals surface area contributed by atoms with Crippen LogP contribution in [0.3, 0.4) is 0 Å². The number of carboxylic acids is 1. The Balaban J connectivity index is 0.00000121. The minimum atomic E-state index is -1.17. The lowest BCUT2D eigenvalue weighted by Gasteiger charge is -2.22. The second kappa shape index (κ2) is 24.1. The molecule has 0 spiro atoms. The molecule has 3 aromatic rings. The van der Waals surface area contributed by atoms with Crippen molar-refractivity contribution in [1.29, 1.82) is 0 Å². The summed E-state index contributed by atoms with van der Waals surface area (Å²) in [5.41, 5.74) is 2.15. The van der Waals surface area contributed by atoms with Crippen LogP contribution in [0.5, 0.6) is 23.0 Å². The van der Waals surface area contributed by atoms with E-state index < -0.39 is 23.8 Å². The number of carboxylic acid groups (broad SMARTS) is 1. The van der Waals surface area contributed by atoms with Crippen LogP contribution in [0.25, 0.3) is 11.1 Å². The highest BCUT2D eigenvalue weighted by molar-refractivity contribution is 6.04. The van der Waals surface area contributed by atoms with Crippen LogP contribution in [-0.2, 0) is 20.9 Å². The molecule has 0 aromatic heterocycles. The molecule has 0 fully saturated rings. The quantitative estimate of drug-likeness (QED) is 0.0533. The number of nitrogens with one attached hydrogen (secondary N) is 5. The molecule has 52 heavy (non-hydrogen) atoms. The molecule has 0 aliphatic heterocycles. The Labute approximate surface area is 304 Å². The Morgan fingerprint density at radius 1 is 0.577 bits per heavy atom. The molecule has 3 rings (SSSR count). The van der Waals surface area contributed by atoms with E-state index in [4.69, 9.17) is 18.9 Å². The monoisotopic (exact) mass is 725 g/mol. The van der Waals surface area contributed by atoms with Crippen LogP contribution >= 0.6 is 0 Å². The van der Waals surface area contributed by atoms with Crippen LogP contribution in [0.1, 0.15) is 40.1 Å². The summed E-state index contributed by atoms with van der Waals surface area (Å²) in [5, 5.41) is 24.8. The average molecular weight is 726 g/mol. The fraction of sp³-hybridized carbons (Fsp3) is 0.405. The molecule has 0 bridgehead atoms. The van der Waals surface area contributed by atoms with Crippen molar-refractivity contribution >= 4 is 23.8 Å². The van der Waals surface area contributed by atoms with Gasteiger partial charge in [-0.25, -0.2) is 4.79 Å². The zero-order chi connectivity index (χ0) is 38.3. The van der Waals surface area contributed by atoms with Gasteiger partial charge in [0.15, 0.2) is 23.0 Å². The van der Waals surface area contributed by atoms with Crippen LogP contribution < -0.4 is 45.5 Å². The first-order valence-electron chi connectivity index (χ1n) is 16.8. The average Bonchev–Trinajstić information content (AvgIpc) is 3.11. The number of carbonyl (C=O) groups excluding carboxylic acids is 3. The summed E-state index contributed by atoms with van der Waals surface area (Å²) in [5.74, 6) is -0.673. The third kappa shape index (κ3) is 14.2. The Hall–Kier alpha value is -5.22. The molecular formula is C37H51N5O10. The second-order valence-corrected chi connectivity index (χ2v) is 11.0. The molecule has 0 saturated heterocycles. The van der Waals surface area contributed by atoms with Crippen molar-refractivity contribution in [1.82, 2.24) is 26.6 Å². The summed E-state index contributed by atoms with van der Waals surface area (Å²) in [4.78, 5) is 44.4. The van der Waals surface area contributed by atoms with E-state index in [1.807, 2.05) is 58.5 Å². The summed E-state index contributed by atoms with van der Waals surface area (Å²) in [6.45, 7) is 6.45. The molecule has 0 atom stereocenters. The van der Waals surface area contributed by atoms with Gasteiger partial charge in [0, 0.05) is 63.3 Å². The Morgan fingerprint density at radius 2 is 1.08 bits per heavy atom. The second-order valence-electron chi connectivity index (χ2n) is 11.0. The van der Waals surface area contributed by atoms with Crippen molar-refractivity contribution in [2.75, 3.05) is 80.8 Å². The van der Waals surface area contributed by atoms with Crippen LogP contribution in [0.4, 0.5) is 0 Å². The van der Waals surface area contributed by atoms with E-state index in [2.05, 4.69) is 31.3 Å². The Morgan fingerprint density at radius 3 is 1.60 bits per heavy atom. The molecule has 0 radical (unpaired) electrons. The SMILES string of the molecule is CC(=O)OC(C)=O.CNCCOc1cccc(-c2ccc(CNC(=O)c3ccccc3C(=O)O)c(OCCNC)c2OCCNC)c1OCCNC. The molecule has 15 heteroatoms. The van der Waals surface area contributed by atoms with Crippen LogP contribution in [0.2, 0.25) is 0 Å². The van der Waals surface area contributed by atoms with Gasteiger partial charge < -0.3 is 55.4 Å². The summed E-state index contributed by atoms with van der Waals surface area (Å²) in [7, 11) is 7.40. The number of ether oxygens (including phenoxy) is 5. The van der Waals surface area contributed by atoms with Gasteiger partial charge in [0.2, 0.25) is 0 Å². The molecule has 3 aromatic carbocycles. The highest BCUT2D eigenvalue weighted by Gasteiger charge is 2.23. The third-order valence-corrected chi connectivity index (χ3v) is 7.00. The number of esters is 2. The zero-order valence-corrected chi connectivity index (χ0v) is 30.7. The molecule has 1 amide bonds. The van der Waals surface area contributed by atoms with E-state index >= 15 is 0 Å². The topological polar surface area (TPSA) is 195 Å².